The van der Waals surface area contributed by atoms with E-state index in [2.05, 4.69) is 11.9 Å². The van der Waals surface area contributed by atoms with Crippen molar-refractivity contribution in [1.29, 1.82) is 0 Å². The molecule has 1 saturated heterocycles. The van der Waals surface area contributed by atoms with Gasteiger partial charge < -0.3 is 25.7 Å². The van der Waals surface area contributed by atoms with E-state index in [0.29, 0.717) is 63.0 Å². The zero-order valence-electron chi connectivity index (χ0n) is 25.4. The highest BCUT2D eigenvalue weighted by molar-refractivity contribution is 6.30. The van der Waals surface area contributed by atoms with Crippen LogP contribution in [-0.2, 0) is 14.4 Å². The van der Waals surface area contributed by atoms with Crippen LogP contribution in [0, 0.1) is 11.8 Å². The highest BCUT2D eigenvalue weighted by Gasteiger charge is 2.39. The van der Waals surface area contributed by atoms with Gasteiger partial charge in [-0.05, 0) is 61.6 Å². The van der Waals surface area contributed by atoms with Crippen LogP contribution in [0.5, 0.6) is 0 Å². The predicted molar refractivity (Wildman–Crippen MR) is 170 cm³/mol. The summed E-state index contributed by atoms with van der Waals surface area (Å²) in [5.41, 5.74) is 6.73. The Hall–Kier alpha value is -5.32. The number of aliphatic hydroxyl groups excluding tert-OH is 1. The third kappa shape index (κ3) is 5.45. The van der Waals surface area contributed by atoms with Crippen LogP contribution >= 0.6 is 0 Å². The van der Waals surface area contributed by atoms with E-state index in [1.54, 1.807) is 25.2 Å². The van der Waals surface area contributed by atoms with Gasteiger partial charge >= 0.3 is 17.9 Å². The first-order valence-corrected chi connectivity index (χ1v) is 14.6. The van der Waals surface area contributed by atoms with Gasteiger partial charge in [-0.25, -0.2) is 19.8 Å². The molecule has 11 nitrogen and oxygen atoms in total. The smallest absolute Gasteiger partial charge is 0.338 e. The lowest BCUT2D eigenvalue weighted by atomic mass is 9.84. The van der Waals surface area contributed by atoms with Crippen LogP contribution in [0.1, 0.15) is 53.4 Å². The molecule has 11 heteroatoms. The van der Waals surface area contributed by atoms with Crippen LogP contribution in [-0.4, -0.2) is 55.5 Å². The average molecular weight is 611 g/mol. The molecule has 232 valence electrons. The summed E-state index contributed by atoms with van der Waals surface area (Å²) >= 11 is 0. The second-order valence-corrected chi connectivity index (χ2v) is 11.3. The van der Waals surface area contributed by atoms with E-state index in [-0.39, 0.29) is 35.6 Å². The van der Waals surface area contributed by atoms with Crippen molar-refractivity contribution < 1.29 is 34.8 Å². The molecule has 0 aromatic heterocycles. The van der Waals surface area contributed by atoms with E-state index >= 15 is 0 Å². The van der Waals surface area contributed by atoms with Gasteiger partial charge in [-0.15, -0.1) is 0 Å². The van der Waals surface area contributed by atoms with Gasteiger partial charge in [0.05, 0.1) is 52.5 Å². The van der Waals surface area contributed by atoms with Crippen molar-refractivity contribution in [3.63, 3.8) is 0 Å². The predicted octanol–water partition coefficient (Wildman–Crippen LogP) is 5.47. The topological polar surface area (TPSA) is 181 Å². The molecule has 5 rings (SSSR count). The van der Waals surface area contributed by atoms with Crippen molar-refractivity contribution in [2.24, 2.45) is 26.8 Å². The maximum atomic E-state index is 12.7. The van der Waals surface area contributed by atoms with Gasteiger partial charge in [0.1, 0.15) is 0 Å². The van der Waals surface area contributed by atoms with Crippen molar-refractivity contribution in [3.05, 3.63) is 105 Å². The number of aliphatic imine (C=N–C) groups is 3. The third-order valence-electron chi connectivity index (χ3n) is 8.78. The lowest BCUT2D eigenvalue weighted by Crippen LogP contribution is -2.22. The maximum Gasteiger partial charge on any atom is 0.338 e. The molecule has 5 N–H and O–H groups in total. The monoisotopic (exact) mass is 610 g/mol. The molecule has 0 saturated carbocycles. The minimum Gasteiger partial charge on any atom is -0.515 e. The number of aliphatic carboxylic acids is 3. The first-order chi connectivity index (χ1) is 21.4. The minimum absolute atomic E-state index is 0.00111. The van der Waals surface area contributed by atoms with Gasteiger partial charge in [-0.1, -0.05) is 26.5 Å². The third-order valence-corrected chi connectivity index (χ3v) is 8.78. The number of carboxylic acid groups (broad SMARTS) is 3. The average Bonchev–Trinajstić information content (AvgIpc) is 3.67. The molecule has 5 aliphatic rings. The van der Waals surface area contributed by atoms with Gasteiger partial charge in [-0.2, -0.15) is 0 Å². The fraction of sp³-hybridized carbons (Fsp3) is 0.294. The lowest BCUT2D eigenvalue weighted by molar-refractivity contribution is -0.138. The molecule has 8 bridgehead atoms. The maximum absolute atomic E-state index is 12.7. The molecule has 0 radical (unpaired) electrons. The van der Waals surface area contributed by atoms with Crippen LogP contribution in [0.3, 0.4) is 0 Å². The Morgan fingerprint density at radius 1 is 0.956 bits per heavy atom. The number of hydrogen-bond donors (Lipinski definition) is 5. The van der Waals surface area contributed by atoms with Crippen LogP contribution in [0.15, 0.2) is 120 Å². The largest absolute Gasteiger partial charge is 0.515 e. The number of hydrogen-bond acceptors (Lipinski definition) is 8. The van der Waals surface area contributed by atoms with Gasteiger partial charge in [0.2, 0.25) is 0 Å². The Morgan fingerprint density at radius 3 is 2.29 bits per heavy atom. The quantitative estimate of drug-likeness (QED) is 0.224. The fourth-order valence-electron chi connectivity index (χ4n) is 6.43. The summed E-state index contributed by atoms with van der Waals surface area (Å²) in [6.07, 6.45) is 7.92. The Bertz CT molecular complexity index is 1820. The first kappa shape index (κ1) is 31.1. The van der Waals surface area contributed by atoms with Crippen molar-refractivity contribution in [1.82, 2.24) is 5.32 Å². The zero-order valence-corrected chi connectivity index (χ0v) is 25.4. The Balaban J connectivity index is 1.88. The highest BCUT2D eigenvalue weighted by atomic mass is 16.4. The van der Waals surface area contributed by atoms with Gasteiger partial charge in [0.25, 0.3) is 0 Å². The molecule has 1 fully saturated rings. The minimum atomic E-state index is -1.27. The molecule has 0 aromatic rings. The molecule has 0 amide bonds. The number of rotatable bonds is 8. The van der Waals surface area contributed by atoms with Crippen LogP contribution < -0.4 is 5.32 Å². The second kappa shape index (κ2) is 12.0. The van der Waals surface area contributed by atoms with Crippen molar-refractivity contribution in [2.45, 2.75) is 53.4 Å². The summed E-state index contributed by atoms with van der Waals surface area (Å²) in [6, 6.07) is 0. The van der Waals surface area contributed by atoms with Crippen molar-refractivity contribution in [3.8, 4) is 0 Å². The van der Waals surface area contributed by atoms with Crippen LogP contribution in [0.4, 0.5) is 0 Å². The Morgan fingerprint density at radius 2 is 1.69 bits per heavy atom. The SMILES string of the molecule is C=CC1=C(C)C2=NC1=CC1=NC(=C(CC)/C1=C\O)C=C1N=C(C(CC(=O)O)=C3NC(=C2)[C@@H](C)[C@@H]3CCC(=O)O)C(C(=O)O)=C1C. The van der Waals surface area contributed by atoms with Crippen molar-refractivity contribution in [2.75, 3.05) is 0 Å². The summed E-state index contributed by atoms with van der Waals surface area (Å²) in [6.45, 7) is 11.3. The fourth-order valence-corrected chi connectivity index (χ4v) is 6.43. The van der Waals surface area contributed by atoms with Crippen LogP contribution in [0.25, 0.3) is 0 Å². The molecule has 0 unspecified atom stereocenters. The van der Waals surface area contributed by atoms with E-state index in [1.807, 2.05) is 26.8 Å². The van der Waals surface area contributed by atoms with E-state index in [9.17, 15) is 34.8 Å². The zero-order chi connectivity index (χ0) is 32.7. The normalized spacial score (nSPS) is 23.5. The summed E-state index contributed by atoms with van der Waals surface area (Å²) in [4.78, 5) is 50.9. The first-order valence-electron chi connectivity index (χ1n) is 14.6. The lowest BCUT2D eigenvalue weighted by Gasteiger charge is -2.18. The van der Waals surface area contributed by atoms with Gasteiger partial charge in [-0.3, -0.25) is 9.59 Å². The number of nitrogens with zero attached hydrogens (tertiary/aromatic N) is 3. The number of nitrogens with one attached hydrogen (secondary N) is 1. The summed E-state index contributed by atoms with van der Waals surface area (Å²) in [7, 11) is 0. The standard InChI is InChI=1S/C34H34N4O7/c1-6-18-15(3)23-11-24-16(4)20(8-9-29(40)41)32(37-24)21(10-30(42)43)33-31(34(44)45)17(5)25(38-33)12-27-19(7-2)22(14-39)28(36-27)13-26(18)35-23/h6,11-14,16,20,37,39H,1,7-10H2,2-5H3,(H,40,41)(H,42,43)(H,44,45)/b22-14+,24-11?,25-12?,26-13?,32-21?/t16-,20-/m0/s1. The van der Waals surface area contributed by atoms with E-state index < -0.39 is 30.2 Å². The van der Waals surface area contributed by atoms with E-state index in [1.165, 1.54) is 0 Å². The molecule has 5 aliphatic heterocycles. The number of aliphatic hydroxyl groups is 1. The number of fused-ring (bicyclic) bond motifs is 5. The van der Waals surface area contributed by atoms with Gasteiger partial charge in [0, 0.05) is 46.4 Å². The molecular weight excluding hydrogens is 576 g/mol. The summed E-state index contributed by atoms with van der Waals surface area (Å²) in [5.74, 6) is -4.21. The molecule has 2 atom stereocenters. The van der Waals surface area contributed by atoms with E-state index in [4.69, 9.17) is 15.0 Å². The number of allylic oxidation sites excluding steroid dienone is 10. The molecule has 5 heterocycles. The summed E-state index contributed by atoms with van der Waals surface area (Å²) in [5, 5.41) is 43.5. The number of carboxylic acids is 3. The number of carbonyl (C=O) groups is 3. The molecular formula is C34H34N4O7. The molecule has 0 aliphatic carbocycles. The molecule has 0 spiro atoms. The van der Waals surface area contributed by atoms with Crippen molar-refractivity contribution >= 4 is 35.0 Å². The highest BCUT2D eigenvalue weighted by Crippen LogP contribution is 2.42. The Kier molecular flexibility index (Phi) is 8.29. The molecule has 0 aromatic carbocycles. The second-order valence-electron chi connectivity index (χ2n) is 11.3. The summed E-state index contributed by atoms with van der Waals surface area (Å²) < 4.78 is 0. The van der Waals surface area contributed by atoms with Crippen LogP contribution in [0.2, 0.25) is 0 Å². The van der Waals surface area contributed by atoms with E-state index in [0.717, 1.165) is 17.4 Å². The molecule has 45 heavy (non-hydrogen) atoms. The Labute approximate surface area is 259 Å². The van der Waals surface area contributed by atoms with Gasteiger partial charge in [0.15, 0.2) is 0 Å².